The van der Waals surface area contributed by atoms with Crippen LogP contribution in [0.2, 0.25) is 0 Å². The van der Waals surface area contributed by atoms with Gasteiger partial charge in [0.05, 0.1) is 9.82 Å². The molecule has 0 atom stereocenters. The molecule has 1 aromatic carbocycles. The molecular weight excluding hydrogens is 460 g/mol. The van der Waals surface area contributed by atoms with Crippen molar-refractivity contribution in [3.05, 3.63) is 28.3 Å². The lowest BCUT2D eigenvalue weighted by molar-refractivity contribution is -0.384. The molecular formula is C16H19F6N3O5S. The summed E-state index contributed by atoms with van der Waals surface area (Å²) < 4.78 is 102. The lowest BCUT2D eigenvalue weighted by atomic mass is 10.2. The van der Waals surface area contributed by atoms with E-state index in [0.29, 0.717) is 38.2 Å². The largest absolute Gasteiger partial charge is 0.501 e. The van der Waals surface area contributed by atoms with Crippen molar-refractivity contribution >= 4 is 21.2 Å². The second-order valence-electron chi connectivity index (χ2n) is 6.71. The summed E-state index contributed by atoms with van der Waals surface area (Å²) in [5.74, 6) is 0. The molecule has 1 aliphatic rings. The van der Waals surface area contributed by atoms with Gasteiger partial charge in [0.25, 0.3) is 15.5 Å². The first kappa shape index (κ1) is 25.1. The Hall–Kier alpha value is -2.13. The Kier molecular flexibility index (Phi) is 7.75. The third-order valence-electron chi connectivity index (χ3n) is 4.50. The van der Waals surface area contributed by atoms with Gasteiger partial charge in [-0.15, -0.1) is 0 Å². The van der Waals surface area contributed by atoms with E-state index in [4.69, 9.17) is 0 Å². The van der Waals surface area contributed by atoms with Gasteiger partial charge in [0.15, 0.2) is 0 Å². The maximum atomic E-state index is 12.7. The Balaban J connectivity index is 2.00. The minimum Gasteiger partial charge on any atom is -0.372 e. The predicted octanol–water partition coefficient (Wildman–Crippen LogP) is 2.98. The van der Waals surface area contributed by atoms with E-state index < -0.39 is 43.6 Å². The monoisotopic (exact) mass is 479 g/mol. The summed E-state index contributed by atoms with van der Waals surface area (Å²) in [6.45, 7) is 0.352. The zero-order valence-corrected chi connectivity index (χ0v) is 16.8. The number of hydrogen-bond acceptors (Lipinski definition) is 7. The molecule has 0 spiro atoms. The molecule has 1 heterocycles. The van der Waals surface area contributed by atoms with Crippen LogP contribution in [0.25, 0.3) is 0 Å². The summed E-state index contributed by atoms with van der Waals surface area (Å²) in [5, 5.41) is 11.3. The van der Waals surface area contributed by atoms with Crippen LogP contribution in [0.1, 0.15) is 6.42 Å². The van der Waals surface area contributed by atoms with Gasteiger partial charge in [0, 0.05) is 45.4 Å². The zero-order chi connectivity index (χ0) is 23.4. The minimum absolute atomic E-state index is 0.0146. The first-order valence-corrected chi connectivity index (χ1v) is 10.4. The van der Waals surface area contributed by atoms with Crippen LogP contribution in [0.4, 0.5) is 37.7 Å². The number of rotatable bonds is 8. The first-order chi connectivity index (χ1) is 14.2. The van der Waals surface area contributed by atoms with E-state index in [0.717, 1.165) is 6.07 Å². The van der Waals surface area contributed by atoms with E-state index in [-0.39, 0.29) is 25.4 Å². The molecule has 15 heteroatoms. The number of alkyl halides is 6. The Morgan fingerprint density at radius 1 is 1.06 bits per heavy atom. The molecule has 0 unspecified atom stereocenters. The molecule has 0 aromatic heterocycles. The number of ether oxygens (including phenoxy) is 1. The van der Waals surface area contributed by atoms with E-state index in [1.54, 1.807) is 4.90 Å². The second-order valence-corrected chi connectivity index (χ2v) is 8.65. The molecule has 8 nitrogen and oxygen atoms in total. The first-order valence-electron chi connectivity index (χ1n) is 8.94. The number of halogens is 6. The van der Waals surface area contributed by atoms with Gasteiger partial charge >= 0.3 is 11.7 Å². The van der Waals surface area contributed by atoms with Gasteiger partial charge in [-0.25, -0.2) is 8.42 Å². The number of nitro groups is 1. The molecule has 31 heavy (non-hydrogen) atoms. The molecule has 0 N–H and O–H groups in total. The van der Waals surface area contributed by atoms with Crippen LogP contribution in [-0.2, 0) is 14.6 Å². The van der Waals surface area contributed by atoms with Crippen molar-refractivity contribution in [1.29, 1.82) is 0 Å². The number of nitro benzene ring substituents is 1. The summed E-state index contributed by atoms with van der Waals surface area (Å²) in [4.78, 5) is 12.6. The standard InChI is InChI=1S/C16H19F6N3O5S/c17-15(18,19)11-30-9-1-4-23-5-7-24(8-6-23)13-3-2-12(10-14(13)25(26)27)31(28,29)16(20,21)22/h2-3,10H,1,4-9,11H2. The number of nitrogens with zero attached hydrogens (tertiary/aromatic N) is 3. The highest BCUT2D eigenvalue weighted by molar-refractivity contribution is 7.92. The lowest BCUT2D eigenvalue weighted by Gasteiger charge is -2.35. The van der Waals surface area contributed by atoms with Crippen molar-refractivity contribution in [2.75, 3.05) is 50.8 Å². The van der Waals surface area contributed by atoms with Gasteiger partial charge in [0.1, 0.15) is 12.3 Å². The highest BCUT2D eigenvalue weighted by Crippen LogP contribution is 2.36. The van der Waals surface area contributed by atoms with Crippen LogP contribution >= 0.6 is 0 Å². The molecule has 1 saturated heterocycles. The van der Waals surface area contributed by atoms with Crippen molar-refractivity contribution in [3.8, 4) is 0 Å². The van der Waals surface area contributed by atoms with Crippen molar-refractivity contribution in [2.24, 2.45) is 0 Å². The zero-order valence-electron chi connectivity index (χ0n) is 15.9. The van der Waals surface area contributed by atoms with Gasteiger partial charge < -0.3 is 9.64 Å². The van der Waals surface area contributed by atoms with E-state index in [9.17, 15) is 44.9 Å². The normalized spacial score (nSPS) is 16.5. The van der Waals surface area contributed by atoms with Crippen LogP contribution in [0, 0.1) is 10.1 Å². The Bertz CT molecular complexity index is 883. The van der Waals surface area contributed by atoms with Crippen molar-refractivity contribution in [3.63, 3.8) is 0 Å². The summed E-state index contributed by atoms with van der Waals surface area (Å²) in [6.07, 6.45) is -4.05. The van der Waals surface area contributed by atoms with Crippen molar-refractivity contribution < 1.29 is 44.4 Å². The highest BCUT2D eigenvalue weighted by atomic mass is 32.2. The van der Waals surface area contributed by atoms with Crippen LogP contribution in [0.15, 0.2) is 23.1 Å². The average Bonchev–Trinajstić information content (AvgIpc) is 2.66. The lowest BCUT2D eigenvalue weighted by Crippen LogP contribution is -2.47. The van der Waals surface area contributed by atoms with Gasteiger partial charge in [-0.2, -0.15) is 26.3 Å². The third-order valence-corrected chi connectivity index (χ3v) is 5.98. The number of piperazine rings is 1. The smallest absolute Gasteiger partial charge is 0.372 e. The Morgan fingerprint density at radius 2 is 1.68 bits per heavy atom. The molecule has 1 fully saturated rings. The van der Waals surface area contributed by atoms with Crippen LogP contribution in [0.5, 0.6) is 0 Å². The molecule has 2 rings (SSSR count). The number of benzene rings is 1. The number of anilines is 1. The average molecular weight is 479 g/mol. The van der Waals surface area contributed by atoms with Crippen molar-refractivity contribution in [2.45, 2.75) is 23.0 Å². The third kappa shape index (κ3) is 6.67. The Labute approximate surface area is 173 Å². The van der Waals surface area contributed by atoms with E-state index in [1.165, 1.54) is 0 Å². The summed E-state index contributed by atoms with van der Waals surface area (Å²) in [5.41, 5.74) is -6.36. The summed E-state index contributed by atoms with van der Waals surface area (Å²) >= 11 is 0. The fourth-order valence-corrected chi connectivity index (χ4v) is 3.79. The molecule has 0 radical (unpaired) electrons. The molecule has 1 aliphatic heterocycles. The maximum absolute atomic E-state index is 12.7. The SMILES string of the molecule is O=[N+]([O-])c1cc(S(=O)(=O)C(F)(F)F)ccc1N1CCN(CCCOCC(F)(F)F)CC1. The molecule has 0 bridgehead atoms. The van der Waals surface area contributed by atoms with Gasteiger partial charge in [-0.1, -0.05) is 0 Å². The number of hydrogen-bond donors (Lipinski definition) is 0. The Morgan fingerprint density at radius 3 is 2.19 bits per heavy atom. The van der Waals surface area contributed by atoms with Crippen LogP contribution in [-0.4, -0.2) is 75.9 Å². The molecule has 1 aromatic rings. The summed E-state index contributed by atoms with van der Waals surface area (Å²) in [7, 11) is -5.73. The minimum atomic E-state index is -5.73. The van der Waals surface area contributed by atoms with Gasteiger partial charge in [-0.3, -0.25) is 15.0 Å². The molecule has 0 aliphatic carbocycles. The van der Waals surface area contributed by atoms with E-state index >= 15 is 0 Å². The molecule has 0 saturated carbocycles. The fourth-order valence-electron chi connectivity index (χ4n) is 3.01. The molecule has 0 amide bonds. The number of sulfone groups is 1. The summed E-state index contributed by atoms with van der Waals surface area (Å²) in [6, 6.07) is 2.04. The maximum Gasteiger partial charge on any atom is 0.501 e. The predicted molar refractivity (Wildman–Crippen MR) is 96.5 cm³/mol. The van der Waals surface area contributed by atoms with Crippen LogP contribution in [0.3, 0.4) is 0 Å². The fraction of sp³-hybridized carbons (Fsp3) is 0.625. The van der Waals surface area contributed by atoms with Crippen LogP contribution < -0.4 is 4.90 Å². The highest BCUT2D eigenvalue weighted by Gasteiger charge is 2.47. The van der Waals surface area contributed by atoms with E-state index in [1.807, 2.05) is 4.90 Å². The molecule has 176 valence electrons. The topological polar surface area (TPSA) is 93.0 Å². The van der Waals surface area contributed by atoms with Gasteiger partial charge in [0.2, 0.25) is 0 Å². The van der Waals surface area contributed by atoms with E-state index in [2.05, 4.69) is 4.74 Å². The quantitative estimate of drug-likeness (QED) is 0.245. The second kappa shape index (κ2) is 9.56. The van der Waals surface area contributed by atoms with Gasteiger partial charge in [-0.05, 0) is 18.6 Å². The van der Waals surface area contributed by atoms with Crippen molar-refractivity contribution in [1.82, 2.24) is 4.90 Å².